The van der Waals surface area contributed by atoms with Crippen molar-refractivity contribution in [2.45, 2.75) is 32.7 Å². The average Bonchev–Trinajstić information content (AvgIpc) is 2.46. The highest BCUT2D eigenvalue weighted by Gasteiger charge is 2.14. The summed E-state index contributed by atoms with van der Waals surface area (Å²) in [6.45, 7) is 4.20. The number of aromatic nitrogens is 1. The number of hydrazine groups is 1. The topological polar surface area (TPSA) is 50.9 Å². The Morgan fingerprint density at radius 2 is 2.10 bits per heavy atom. The van der Waals surface area contributed by atoms with Gasteiger partial charge in [0, 0.05) is 22.8 Å². The van der Waals surface area contributed by atoms with Gasteiger partial charge in [0.15, 0.2) is 0 Å². The minimum absolute atomic E-state index is 0.0463. The molecule has 0 aliphatic carbocycles. The van der Waals surface area contributed by atoms with Crippen LogP contribution in [0.3, 0.4) is 0 Å². The Morgan fingerprint density at radius 3 is 2.65 bits per heavy atom. The lowest BCUT2D eigenvalue weighted by molar-refractivity contribution is 0.544. The molecule has 0 bridgehead atoms. The average molecular weight is 334 g/mol. The molecule has 1 unspecified atom stereocenters. The Balaban J connectivity index is 2.19. The molecular formula is C16H20BrN3. The number of aryl methyl sites for hydroxylation is 2. The third-order valence-corrected chi connectivity index (χ3v) is 4.13. The van der Waals surface area contributed by atoms with Crippen molar-refractivity contribution in [3.8, 4) is 0 Å². The fourth-order valence-electron chi connectivity index (χ4n) is 2.17. The monoisotopic (exact) mass is 333 g/mol. The standard InChI is InChI=1S/C16H20BrN3/c1-3-12-5-6-13(19-10-12)9-16(20-18)14-7-4-11(2)8-15(14)17/h4-8,10,16,20H,3,9,18H2,1-2H3. The van der Waals surface area contributed by atoms with Crippen LogP contribution in [-0.2, 0) is 12.8 Å². The van der Waals surface area contributed by atoms with Gasteiger partial charge in [-0.25, -0.2) is 0 Å². The fourth-order valence-corrected chi connectivity index (χ4v) is 2.94. The summed E-state index contributed by atoms with van der Waals surface area (Å²) in [7, 11) is 0. The molecule has 3 N–H and O–H groups in total. The number of hydrogen-bond acceptors (Lipinski definition) is 3. The Bertz CT molecular complexity index is 566. The number of pyridine rings is 1. The van der Waals surface area contributed by atoms with Gasteiger partial charge in [-0.1, -0.05) is 41.1 Å². The van der Waals surface area contributed by atoms with Crippen LogP contribution < -0.4 is 11.3 Å². The lowest BCUT2D eigenvalue weighted by Crippen LogP contribution is -2.30. The predicted molar refractivity (Wildman–Crippen MR) is 86.3 cm³/mol. The number of hydrogen-bond donors (Lipinski definition) is 2. The smallest absolute Gasteiger partial charge is 0.0526 e. The van der Waals surface area contributed by atoms with Crippen LogP contribution in [0.15, 0.2) is 41.0 Å². The molecule has 1 aromatic heterocycles. The van der Waals surface area contributed by atoms with Crippen molar-refractivity contribution in [2.24, 2.45) is 5.84 Å². The highest BCUT2D eigenvalue weighted by Crippen LogP contribution is 2.26. The Labute approximate surface area is 128 Å². The third kappa shape index (κ3) is 3.66. The molecule has 0 aliphatic rings. The van der Waals surface area contributed by atoms with Crippen molar-refractivity contribution in [3.05, 3.63) is 63.4 Å². The summed E-state index contributed by atoms with van der Waals surface area (Å²) in [4.78, 5) is 4.50. The van der Waals surface area contributed by atoms with Gasteiger partial charge < -0.3 is 0 Å². The molecule has 20 heavy (non-hydrogen) atoms. The second-order valence-electron chi connectivity index (χ2n) is 4.96. The van der Waals surface area contributed by atoms with E-state index in [0.717, 1.165) is 28.6 Å². The first kappa shape index (κ1) is 15.2. The van der Waals surface area contributed by atoms with Gasteiger partial charge >= 0.3 is 0 Å². The van der Waals surface area contributed by atoms with Gasteiger partial charge in [-0.05, 0) is 42.2 Å². The predicted octanol–water partition coefficient (Wildman–Crippen LogP) is 3.46. The lowest BCUT2D eigenvalue weighted by atomic mass is 10.0. The largest absolute Gasteiger partial charge is 0.271 e. The van der Waals surface area contributed by atoms with Crippen molar-refractivity contribution < 1.29 is 0 Å². The quantitative estimate of drug-likeness (QED) is 0.650. The number of nitrogens with one attached hydrogen (secondary N) is 1. The first-order valence-corrected chi connectivity index (χ1v) is 7.59. The number of benzene rings is 1. The van der Waals surface area contributed by atoms with E-state index in [-0.39, 0.29) is 6.04 Å². The van der Waals surface area contributed by atoms with Crippen molar-refractivity contribution in [3.63, 3.8) is 0 Å². The molecule has 1 heterocycles. The van der Waals surface area contributed by atoms with Crippen molar-refractivity contribution in [1.82, 2.24) is 10.4 Å². The van der Waals surface area contributed by atoms with Crippen LogP contribution in [0.5, 0.6) is 0 Å². The van der Waals surface area contributed by atoms with E-state index in [1.165, 1.54) is 11.1 Å². The van der Waals surface area contributed by atoms with Crippen molar-refractivity contribution in [2.75, 3.05) is 0 Å². The number of nitrogens with two attached hydrogens (primary N) is 1. The van der Waals surface area contributed by atoms with Crippen LogP contribution in [0.4, 0.5) is 0 Å². The minimum Gasteiger partial charge on any atom is -0.271 e. The molecule has 4 heteroatoms. The SMILES string of the molecule is CCc1ccc(CC(NN)c2ccc(C)cc2Br)nc1. The summed E-state index contributed by atoms with van der Waals surface area (Å²) in [6.07, 6.45) is 3.71. The van der Waals surface area contributed by atoms with Crippen LogP contribution in [0.1, 0.15) is 35.3 Å². The molecule has 1 aromatic carbocycles. The molecule has 1 atom stereocenters. The molecule has 2 aromatic rings. The van der Waals surface area contributed by atoms with Gasteiger partial charge in [-0.15, -0.1) is 0 Å². The van der Waals surface area contributed by atoms with Crippen LogP contribution in [0.2, 0.25) is 0 Å². The molecule has 0 radical (unpaired) electrons. The third-order valence-electron chi connectivity index (χ3n) is 3.44. The van der Waals surface area contributed by atoms with E-state index in [0.29, 0.717) is 0 Å². The van der Waals surface area contributed by atoms with E-state index in [1.807, 2.05) is 6.20 Å². The van der Waals surface area contributed by atoms with Crippen LogP contribution >= 0.6 is 15.9 Å². The number of nitrogens with zero attached hydrogens (tertiary/aromatic N) is 1. The number of halogens is 1. The molecule has 2 rings (SSSR count). The van der Waals surface area contributed by atoms with Gasteiger partial charge in [-0.3, -0.25) is 16.3 Å². The first-order chi connectivity index (χ1) is 9.63. The lowest BCUT2D eigenvalue weighted by Gasteiger charge is -2.18. The molecule has 0 saturated carbocycles. The van der Waals surface area contributed by atoms with Crippen molar-refractivity contribution >= 4 is 15.9 Å². The summed E-state index contributed by atoms with van der Waals surface area (Å²) in [5.74, 6) is 5.72. The summed E-state index contributed by atoms with van der Waals surface area (Å²) in [5.41, 5.74) is 7.55. The molecular weight excluding hydrogens is 314 g/mol. The zero-order valence-electron chi connectivity index (χ0n) is 11.9. The fraction of sp³-hybridized carbons (Fsp3) is 0.312. The van der Waals surface area contributed by atoms with E-state index in [2.05, 4.69) is 70.5 Å². The zero-order valence-corrected chi connectivity index (χ0v) is 13.4. The number of rotatable bonds is 5. The second-order valence-corrected chi connectivity index (χ2v) is 5.81. The Morgan fingerprint density at radius 1 is 1.30 bits per heavy atom. The molecule has 106 valence electrons. The van der Waals surface area contributed by atoms with Crippen LogP contribution in [-0.4, -0.2) is 4.98 Å². The van der Waals surface area contributed by atoms with Crippen molar-refractivity contribution in [1.29, 1.82) is 0 Å². The molecule has 0 amide bonds. The highest BCUT2D eigenvalue weighted by atomic mass is 79.9. The van der Waals surface area contributed by atoms with E-state index >= 15 is 0 Å². The van der Waals surface area contributed by atoms with E-state index in [4.69, 9.17) is 5.84 Å². The summed E-state index contributed by atoms with van der Waals surface area (Å²) >= 11 is 3.61. The van der Waals surface area contributed by atoms with Crippen LogP contribution in [0, 0.1) is 6.92 Å². The van der Waals surface area contributed by atoms with Crippen LogP contribution in [0.25, 0.3) is 0 Å². The minimum atomic E-state index is 0.0463. The van der Waals surface area contributed by atoms with Gasteiger partial charge in [0.05, 0.1) is 6.04 Å². The highest BCUT2D eigenvalue weighted by molar-refractivity contribution is 9.10. The maximum Gasteiger partial charge on any atom is 0.0526 e. The summed E-state index contributed by atoms with van der Waals surface area (Å²) < 4.78 is 1.07. The maximum atomic E-state index is 5.72. The molecule has 3 nitrogen and oxygen atoms in total. The van der Waals surface area contributed by atoms with E-state index in [1.54, 1.807) is 0 Å². The summed E-state index contributed by atoms with van der Waals surface area (Å²) in [6, 6.07) is 10.5. The maximum absolute atomic E-state index is 5.72. The van der Waals surface area contributed by atoms with E-state index < -0.39 is 0 Å². The Kier molecular flexibility index (Phi) is 5.29. The Hall–Kier alpha value is -1.23. The zero-order chi connectivity index (χ0) is 14.5. The first-order valence-electron chi connectivity index (χ1n) is 6.80. The molecule has 0 spiro atoms. The van der Waals surface area contributed by atoms with E-state index in [9.17, 15) is 0 Å². The van der Waals surface area contributed by atoms with Gasteiger partial charge in [-0.2, -0.15) is 0 Å². The molecule has 0 saturated heterocycles. The summed E-state index contributed by atoms with van der Waals surface area (Å²) in [5, 5.41) is 0. The van der Waals surface area contributed by atoms with Gasteiger partial charge in [0.1, 0.15) is 0 Å². The van der Waals surface area contributed by atoms with Gasteiger partial charge in [0.2, 0.25) is 0 Å². The normalized spacial score (nSPS) is 12.4. The van der Waals surface area contributed by atoms with Gasteiger partial charge in [0.25, 0.3) is 0 Å². The molecule has 0 aliphatic heterocycles. The second kappa shape index (κ2) is 6.97. The molecule has 0 fully saturated rings.